The number of hydrogen-bond acceptors (Lipinski definition) is 4. The Labute approximate surface area is 115 Å². The number of nitrogens with zero attached hydrogens (tertiary/aromatic N) is 3. The number of pyridine rings is 2. The lowest BCUT2D eigenvalue weighted by Crippen LogP contribution is -2.27. The van der Waals surface area contributed by atoms with Crippen LogP contribution in [0.15, 0.2) is 36.7 Å². The molecule has 102 valence electrons. The summed E-state index contributed by atoms with van der Waals surface area (Å²) in [6.45, 7) is 1.56. The number of hydrogen-bond donors (Lipinski definition) is 1. The van der Waals surface area contributed by atoms with E-state index < -0.39 is 5.97 Å². The second-order valence-electron chi connectivity index (χ2n) is 4.20. The van der Waals surface area contributed by atoms with Crippen LogP contribution >= 0.6 is 0 Å². The third-order valence-electron chi connectivity index (χ3n) is 2.89. The lowest BCUT2D eigenvalue weighted by Gasteiger charge is -2.16. The highest BCUT2D eigenvalue weighted by Gasteiger charge is 2.17. The van der Waals surface area contributed by atoms with Crippen LogP contribution in [0.25, 0.3) is 0 Å². The lowest BCUT2D eigenvalue weighted by molar-refractivity contribution is 0.0695. The summed E-state index contributed by atoms with van der Waals surface area (Å²) < 4.78 is 0. The molecule has 0 saturated heterocycles. The fourth-order valence-corrected chi connectivity index (χ4v) is 1.76. The minimum Gasteiger partial charge on any atom is -0.478 e. The van der Waals surface area contributed by atoms with Crippen LogP contribution < -0.4 is 4.90 Å². The van der Waals surface area contributed by atoms with Gasteiger partial charge in [-0.1, -0.05) is 0 Å². The van der Waals surface area contributed by atoms with Gasteiger partial charge in [0.1, 0.15) is 5.69 Å². The SMILES string of the molecule is Cc1nc(C(=O)N(C)c2ccncc2)ccc1C(=O)O. The molecule has 0 atom stereocenters. The van der Waals surface area contributed by atoms with Crippen molar-refractivity contribution in [3.63, 3.8) is 0 Å². The number of carbonyl (C=O) groups is 2. The summed E-state index contributed by atoms with van der Waals surface area (Å²) >= 11 is 0. The first-order chi connectivity index (χ1) is 9.50. The van der Waals surface area contributed by atoms with Gasteiger partial charge in [0, 0.05) is 25.1 Å². The first kappa shape index (κ1) is 13.7. The molecule has 0 unspecified atom stereocenters. The fraction of sp³-hybridized carbons (Fsp3) is 0.143. The van der Waals surface area contributed by atoms with Crippen LogP contribution in [0.4, 0.5) is 5.69 Å². The molecular formula is C14H13N3O3. The van der Waals surface area contributed by atoms with Crippen LogP contribution in [0.2, 0.25) is 0 Å². The topological polar surface area (TPSA) is 83.4 Å². The summed E-state index contributed by atoms with van der Waals surface area (Å²) in [6, 6.07) is 6.21. The Kier molecular flexibility index (Phi) is 3.74. The molecule has 0 saturated carbocycles. The number of carbonyl (C=O) groups excluding carboxylic acids is 1. The molecule has 1 N–H and O–H groups in total. The third kappa shape index (κ3) is 2.64. The van der Waals surface area contributed by atoms with Gasteiger partial charge in [0.25, 0.3) is 5.91 Å². The highest BCUT2D eigenvalue weighted by Crippen LogP contribution is 2.14. The van der Waals surface area contributed by atoms with Crippen molar-refractivity contribution in [2.24, 2.45) is 0 Å². The maximum atomic E-state index is 12.3. The molecule has 2 heterocycles. The second kappa shape index (κ2) is 5.48. The number of amides is 1. The zero-order chi connectivity index (χ0) is 14.7. The highest BCUT2D eigenvalue weighted by atomic mass is 16.4. The predicted molar refractivity (Wildman–Crippen MR) is 72.9 cm³/mol. The van der Waals surface area contributed by atoms with Gasteiger partial charge < -0.3 is 10.0 Å². The van der Waals surface area contributed by atoms with Crippen LogP contribution in [-0.4, -0.2) is 34.0 Å². The zero-order valence-electron chi connectivity index (χ0n) is 11.1. The molecule has 0 aliphatic carbocycles. The summed E-state index contributed by atoms with van der Waals surface area (Å²) in [5, 5.41) is 8.94. The molecule has 6 heteroatoms. The number of carboxylic acids is 1. The van der Waals surface area contributed by atoms with Crippen LogP contribution in [0.3, 0.4) is 0 Å². The lowest BCUT2D eigenvalue weighted by atomic mass is 10.2. The largest absolute Gasteiger partial charge is 0.478 e. The fourth-order valence-electron chi connectivity index (χ4n) is 1.76. The summed E-state index contributed by atoms with van der Waals surface area (Å²) in [5.74, 6) is -1.37. The van der Waals surface area contributed by atoms with Gasteiger partial charge in [-0.3, -0.25) is 9.78 Å². The van der Waals surface area contributed by atoms with E-state index in [2.05, 4.69) is 9.97 Å². The number of aromatic nitrogens is 2. The molecule has 0 bridgehead atoms. The Balaban J connectivity index is 2.30. The number of anilines is 1. The first-order valence-electron chi connectivity index (χ1n) is 5.89. The van der Waals surface area contributed by atoms with Gasteiger partial charge in [-0.15, -0.1) is 0 Å². The monoisotopic (exact) mass is 271 g/mol. The van der Waals surface area contributed by atoms with E-state index in [1.165, 1.54) is 17.0 Å². The average Bonchev–Trinajstić information content (AvgIpc) is 2.46. The maximum absolute atomic E-state index is 12.3. The van der Waals surface area contributed by atoms with Gasteiger partial charge >= 0.3 is 5.97 Å². The van der Waals surface area contributed by atoms with Gasteiger partial charge in [-0.2, -0.15) is 0 Å². The molecule has 0 radical (unpaired) electrons. The van der Waals surface area contributed by atoms with E-state index in [1.54, 1.807) is 38.5 Å². The molecule has 6 nitrogen and oxygen atoms in total. The maximum Gasteiger partial charge on any atom is 0.337 e. The first-order valence-corrected chi connectivity index (χ1v) is 5.89. The van der Waals surface area contributed by atoms with Crippen LogP contribution in [-0.2, 0) is 0 Å². The smallest absolute Gasteiger partial charge is 0.337 e. The highest BCUT2D eigenvalue weighted by molar-refractivity contribution is 6.04. The molecule has 2 aromatic heterocycles. The van der Waals surface area contributed by atoms with E-state index >= 15 is 0 Å². The van der Waals surface area contributed by atoms with Crippen molar-refractivity contribution in [2.45, 2.75) is 6.92 Å². The Morgan fingerprint density at radius 2 is 1.80 bits per heavy atom. The number of aryl methyl sites for hydroxylation is 1. The summed E-state index contributed by atoms with van der Waals surface area (Å²) in [4.78, 5) is 32.6. The summed E-state index contributed by atoms with van der Waals surface area (Å²) in [7, 11) is 1.62. The summed E-state index contributed by atoms with van der Waals surface area (Å²) in [5.41, 5.74) is 1.29. The number of aromatic carboxylic acids is 1. The quantitative estimate of drug-likeness (QED) is 0.919. The van der Waals surface area contributed by atoms with Crippen LogP contribution in [0.1, 0.15) is 26.5 Å². The van der Waals surface area contributed by atoms with Gasteiger partial charge in [-0.05, 0) is 31.2 Å². The van der Waals surface area contributed by atoms with Crippen LogP contribution in [0, 0.1) is 6.92 Å². The van der Waals surface area contributed by atoms with Crippen molar-refractivity contribution < 1.29 is 14.7 Å². The molecule has 0 spiro atoms. The molecule has 20 heavy (non-hydrogen) atoms. The molecule has 0 aliphatic heterocycles. The molecule has 0 aliphatic rings. The minimum absolute atomic E-state index is 0.0908. The molecule has 2 aromatic rings. The standard InChI is InChI=1S/C14H13N3O3/c1-9-11(14(19)20)3-4-12(16-9)13(18)17(2)10-5-7-15-8-6-10/h3-8H,1-2H3,(H,19,20). The Hall–Kier alpha value is -2.76. The van der Waals surface area contributed by atoms with Crippen molar-refractivity contribution in [1.82, 2.24) is 9.97 Å². The normalized spacial score (nSPS) is 10.1. The average molecular weight is 271 g/mol. The molecule has 0 fully saturated rings. The third-order valence-corrected chi connectivity index (χ3v) is 2.89. The van der Waals surface area contributed by atoms with E-state index in [0.717, 1.165) is 0 Å². The van der Waals surface area contributed by atoms with Gasteiger partial charge in [0.15, 0.2) is 0 Å². The van der Waals surface area contributed by atoms with E-state index in [0.29, 0.717) is 11.4 Å². The van der Waals surface area contributed by atoms with Crippen molar-refractivity contribution in [2.75, 3.05) is 11.9 Å². The minimum atomic E-state index is -1.06. The van der Waals surface area contributed by atoms with Crippen molar-refractivity contribution in [3.05, 3.63) is 53.6 Å². The second-order valence-corrected chi connectivity index (χ2v) is 4.20. The molecule has 1 amide bonds. The number of rotatable bonds is 3. The van der Waals surface area contributed by atoms with E-state index in [9.17, 15) is 9.59 Å². The van der Waals surface area contributed by atoms with E-state index in [1.807, 2.05) is 0 Å². The van der Waals surface area contributed by atoms with Crippen molar-refractivity contribution in [1.29, 1.82) is 0 Å². The van der Waals surface area contributed by atoms with Gasteiger partial charge in [0.05, 0.1) is 11.3 Å². The Bertz CT molecular complexity index is 656. The van der Waals surface area contributed by atoms with Gasteiger partial charge in [0.2, 0.25) is 0 Å². The summed E-state index contributed by atoms with van der Waals surface area (Å²) in [6.07, 6.45) is 3.18. The van der Waals surface area contributed by atoms with E-state index in [4.69, 9.17) is 5.11 Å². The van der Waals surface area contributed by atoms with Crippen LogP contribution in [0.5, 0.6) is 0 Å². The zero-order valence-corrected chi connectivity index (χ0v) is 11.1. The van der Waals surface area contributed by atoms with E-state index in [-0.39, 0.29) is 17.2 Å². The molecule has 0 aromatic carbocycles. The molecular weight excluding hydrogens is 258 g/mol. The van der Waals surface area contributed by atoms with Crippen molar-refractivity contribution >= 4 is 17.6 Å². The number of carboxylic acid groups (broad SMARTS) is 1. The predicted octanol–water partition coefficient (Wildman–Crippen LogP) is 1.76. The Morgan fingerprint density at radius 1 is 1.15 bits per heavy atom. The molecule has 2 rings (SSSR count). The van der Waals surface area contributed by atoms with Gasteiger partial charge in [-0.25, -0.2) is 9.78 Å². The Morgan fingerprint density at radius 3 is 2.35 bits per heavy atom. The van der Waals surface area contributed by atoms with Crippen molar-refractivity contribution in [3.8, 4) is 0 Å².